The van der Waals surface area contributed by atoms with E-state index in [0.717, 1.165) is 10.0 Å². The lowest BCUT2D eigenvalue weighted by Crippen LogP contribution is -2.10. The number of methoxy groups -OCH3 is 1. The zero-order chi connectivity index (χ0) is 19.2. The second-order valence-electron chi connectivity index (χ2n) is 5.73. The van der Waals surface area contributed by atoms with Crippen LogP contribution in [0.2, 0.25) is 0 Å². The fourth-order valence-corrected chi connectivity index (χ4v) is 2.80. The molecule has 0 unspecified atom stereocenters. The van der Waals surface area contributed by atoms with E-state index in [9.17, 15) is 9.18 Å². The maximum absolute atomic E-state index is 14.3. The SMILES string of the molecule is COCc1ccccc1NC(=O)/C=C/c1ccc(-n2cc(Br)cn2)c(F)c1. The maximum atomic E-state index is 14.3. The third-order valence-electron chi connectivity index (χ3n) is 3.77. The van der Waals surface area contributed by atoms with Crippen molar-refractivity contribution in [1.82, 2.24) is 9.78 Å². The van der Waals surface area contributed by atoms with Gasteiger partial charge in [-0.25, -0.2) is 9.07 Å². The minimum Gasteiger partial charge on any atom is -0.380 e. The zero-order valence-electron chi connectivity index (χ0n) is 14.5. The van der Waals surface area contributed by atoms with Crippen LogP contribution in [0, 0.1) is 5.82 Å². The van der Waals surface area contributed by atoms with Crippen molar-refractivity contribution in [3.05, 3.63) is 82.4 Å². The highest BCUT2D eigenvalue weighted by atomic mass is 79.9. The number of aromatic nitrogens is 2. The first kappa shape index (κ1) is 19.0. The molecular formula is C20H17BrFN3O2. The number of anilines is 1. The summed E-state index contributed by atoms with van der Waals surface area (Å²) in [5.41, 5.74) is 2.46. The fraction of sp³-hybridized carbons (Fsp3) is 0.100. The molecule has 2 aromatic carbocycles. The Balaban J connectivity index is 1.71. The third kappa shape index (κ3) is 4.90. The third-order valence-corrected chi connectivity index (χ3v) is 4.18. The Labute approximate surface area is 164 Å². The number of nitrogens with one attached hydrogen (secondary N) is 1. The van der Waals surface area contributed by atoms with E-state index in [4.69, 9.17) is 4.74 Å². The predicted molar refractivity (Wildman–Crippen MR) is 106 cm³/mol. The number of para-hydroxylation sites is 1. The second-order valence-corrected chi connectivity index (χ2v) is 6.64. The molecule has 0 saturated heterocycles. The van der Waals surface area contributed by atoms with E-state index in [1.807, 2.05) is 18.2 Å². The smallest absolute Gasteiger partial charge is 0.248 e. The van der Waals surface area contributed by atoms with Crippen LogP contribution in [-0.2, 0) is 16.1 Å². The van der Waals surface area contributed by atoms with Crippen LogP contribution in [0.3, 0.4) is 0 Å². The molecule has 0 spiro atoms. The molecule has 0 saturated carbocycles. The van der Waals surface area contributed by atoms with Crippen molar-refractivity contribution in [1.29, 1.82) is 0 Å². The number of hydrogen-bond acceptors (Lipinski definition) is 3. The Bertz CT molecular complexity index is 985. The summed E-state index contributed by atoms with van der Waals surface area (Å²) in [6.45, 7) is 0.399. The van der Waals surface area contributed by atoms with Gasteiger partial charge in [0, 0.05) is 30.6 Å². The summed E-state index contributed by atoms with van der Waals surface area (Å²) in [6.07, 6.45) is 6.17. The lowest BCUT2D eigenvalue weighted by Gasteiger charge is -2.08. The standard InChI is InChI=1S/C20H17BrFN3O2/c1-27-13-15-4-2-3-5-18(15)24-20(26)9-7-14-6-8-19(17(22)10-14)25-12-16(21)11-23-25/h2-12H,13H2,1H3,(H,24,26)/b9-7+. The van der Waals surface area contributed by atoms with E-state index in [2.05, 4.69) is 26.3 Å². The lowest BCUT2D eigenvalue weighted by atomic mass is 10.1. The number of ether oxygens (including phenoxy) is 1. The molecule has 0 atom stereocenters. The van der Waals surface area contributed by atoms with Crippen LogP contribution in [0.25, 0.3) is 11.8 Å². The van der Waals surface area contributed by atoms with Crippen LogP contribution in [0.4, 0.5) is 10.1 Å². The van der Waals surface area contributed by atoms with Crippen molar-refractivity contribution in [2.45, 2.75) is 6.61 Å². The Morgan fingerprint density at radius 3 is 2.85 bits per heavy atom. The van der Waals surface area contributed by atoms with Gasteiger partial charge in [0.15, 0.2) is 0 Å². The molecule has 3 aromatic rings. The van der Waals surface area contributed by atoms with Crippen LogP contribution in [0.1, 0.15) is 11.1 Å². The number of hydrogen-bond donors (Lipinski definition) is 1. The van der Waals surface area contributed by atoms with Crippen LogP contribution in [0.15, 0.2) is 65.4 Å². The van der Waals surface area contributed by atoms with E-state index in [0.29, 0.717) is 23.5 Å². The Morgan fingerprint density at radius 1 is 1.33 bits per heavy atom. The van der Waals surface area contributed by atoms with E-state index in [1.165, 1.54) is 16.8 Å². The van der Waals surface area contributed by atoms with E-state index < -0.39 is 5.82 Å². The van der Waals surface area contributed by atoms with Crippen molar-refractivity contribution in [3.63, 3.8) is 0 Å². The second kappa shape index (κ2) is 8.75. The van der Waals surface area contributed by atoms with E-state index in [-0.39, 0.29) is 5.91 Å². The van der Waals surface area contributed by atoms with E-state index >= 15 is 0 Å². The van der Waals surface area contributed by atoms with Crippen LogP contribution in [0.5, 0.6) is 0 Å². The van der Waals surface area contributed by atoms with E-state index in [1.54, 1.807) is 43.8 Å². The monoisotopic (exact) mass is 429 g/mol. The van der Waals surface area contributed by atoms with Crippen molar-refractivity contribution in [2.75, 3.05) is 12.4 Å². The highest BCUT2D eigenvalue weighted by molar-refractivity contribution is 9.10. The summed E-state index contributed by atoms with van der Waals surface area (Å²) in [7, 11) is 1.60. The average molecular weight is 430 g/mol. The first-order valence-electron chi connectivity index (χ1n) is 8.13. The number of nitrogens with zero attached hydrogens (tertiary/aromatic N) is 2. The van der Waals surface area contributed by atoms with Crippen molar-refractivity contribution < 1.29 is 13.9 Å². The van der Waals surface area contributed by atoms with Gasteiger partial charge in [0.25, 0.3) is 0 Å². The summed E-state index contributed by atoms with van der Waals surface area (Å²) in [6, 6.07) is 12.1. The molecule has 1 aromatic heterocycles. The molecule has 3 rings (SSSR count). The molecule has 0 fully saturated rings. The first-order chi connectivity index (χ1) is 13.1. The van der Waals surface area contributed by atoms with Gasteiger partial charge < -0.3 is 10.1 Å². The lowest BCUT2D eigenvalue weighted by molar-refractivity contribution is -0.111. The van der Waals surface area contributed by atoms with Crippen molar-refractivity contribution >= 4 is 33.6 Å². The van der Waals surface area contributed by atoms with Gasteiger partial charge in [-0.2, -0.15) is 5.10 Å². The first-order valence-corrected chi connectivity index (χ1v) is 8.92. The minimum absolute atomic E-state index is 0.306. The number of carbonyl (C=O) groups excluding carboxylic acids is 1. The molecule has 27 heavy (non-hydrogen) atoms. The molecule has 1 N–H and O–H groups in total. The number of halogens is 2. The molecule has 7 heteroatoms. The number of amides is 1. The quantitative estimate of drug-likeness (QED) is 0.583. The number of carbonyl (C=O) groups is 1. The molecule has 5 nitrogen and oxygen atoms in total. The van der Waals surface area contributed by atoms with Gasteiger partial charge in [0.1, 0.15) is 11.5 Å². The van der Waals surface area contributed by atoms with Gasteiger partial charge in [-0.1, -0.05) is 24.3 Å². The number of rotatable bonds is 6. The zero-order valence-corrected chi connectivity index (χ0v) is 16.1. The Morgan fingerprint density at radius 2 is 2.15 bits per heavy atom. The molecule has 138 valence electrons. The average Bonchev–Trinajstić information content (AvgIpc) is 3.08. The maximum Gasteiger partial charge on any atom is 0.248 e. The molecule has 0 aliphatic heterocycles. The topological polar surface area (TPSA) is 56.1 Å². The Kier molecular flexibility index (Phi) is 6.16. The van der Waals surface area contributed by atoms with Crippen LogP contribution < -0.4 is 5.32 Å². The predicted octanol–water partition coefficient (Wildman–Crippen LogP) is 4.57. The van der Waals surface area contributed by atoms with Crippen LogP contribution >= 0.6 is 15.9 Å². The molecule has 0 aliphatic carbocycles. The summed E-state index contributed by atoms with van der Waals surface area (Å²) in [5.74, 6) is -0.738. The Hall–Kier alpha value is -2.77. The van der Waals surface area contributed by atoms with Gasteiger partial charge >= 0.3 is 0 Å². The summed E-state index contributed by atoms with van der Waals surface area (Å²) >= 11 is 3.28. The van der Waals surface area contributed by atoms with Gasteiger partial charge in [-0.3, -0.25) is 4.79 Å². The van der Waals surface area contributed by atoms with Gasteiger partial charge in [0.05, 0.1) is 17.3 Å². The van der Waals surface area contributed by atoms with Crippen molar-refractivity contribution in [2.24, 2.45) is 0 Å². The number of benzene rings is 2. The normalized spacial score (nSPS) is 11.1. The van der Waals surface area contributed by atoms with Gasteiger partial charge in [0.2, 0.25) is 5.91 Å². The molecule has 0 aliphatic rings. The molecular weight excluding hydrogens is 413 g/mol. The highest BCUT2D eigenvalue weighted by Crippen LogP contribution is 2.19. The largest absolute Gasteiger partial charge is 0.380 e. The minimum atomic E-state index is -0.432. The fourth-order valence-electron chi connectivity index (χ4n) is 2.52. The molecule has 1 heterocycles. The van der Waals surface area contributed by atoms with Gasteiger partial charge in [-0.05, 0) is 45.8 Å². The molecule has 0 radical (unpaired) electrons. The summed E-state index contributed by atoms with van der Waals surface area (Å²) in [5, 5.41) is 6.86. The molecule has 1 amide bonds. The summed E-state index contributed by atoms with van der Waals surface area (Å²) < 4.78 is 21.6. The summed E-state index contributed by atoms with van der Waals surface area (Å²) in [4.78, 5) is 12.2. The van der Waals surface area contributed by atoms with Crippen LogP contribution in [-0.4, -0.2) is 22.8 Å². The van der Waals surface area contributed by atoms with Gasteiger partial charge in [-0.15, -0.1) is 0 Å². The highest BCUT2D eigenvalue weighted by Gasteiger charge is 2.07. The van der Waals surface area contributed by atoms with Crippen molar-refractivity contribution in [3.8, 4) is 5.69 Å². The molecule has 0 bridgehead atoms.